The number of alkyl halides is 3. The fourth-order valence-electron chi connectivity index (χ4n) is 5.03. The van der Waals surface area contributed by atoms with Gasteiger partial charge in [-0.05, 0) is 61.4 Å². The van der Waals surface area contributed by atoms with Crippen molar-refractivity contribution in [3.63, 3.8) is 0 Å². The van der Waals surface area contributed by atoms with Gasteiger partial charge in [-0.25, -0.2) is 0 Å². The van der Waals surface area contributed by atoms with Gasteiger partial charge in [0.05, 0.1) is 17.2 Å². The molecule has 1 spiro atoms. The van der Waals surface area contributed by atoms with E-state index in [-0.39, 0.29) is 17.0 Å². The van der Waals surface area contributed by atoms with Crippen LogP contribution in [-0.2, 0) is 11.0 Å². The maximum atomic E-state index is 13.4. The molecule has 1 aromatic heterocycles. The highest BCUT2D eigenvalue weighted by molar-refractivity contribution is 5.97. The number of likely N-dealkylation sites (tertiary alicyclic amines) is 1. The molecule has 2 aliphatic rings. The molecule has 0 aliphatic carbocycles. The van der Waals surface area contributed by atoms with Crippen LogP contribution in [-0.4, -0.2) is 47.4 Å². The fourth-order valence-corrected chi connectivity index (χ4v) is 5.03. The number of pyridine rings is 1. The maximum Gasteiger partial charge on any atom is 0.417 e. The van der Waals surface area contributed by atoms with Crippen LogP contribution in [0.25, 0.3) is 0 Å². The van der Waals surface area contributed by atoms with Crippen LogP contribution in [0, 0.1) is 23.7 Å². The first-order chi connectivity index (χ1) is 16.0. The van der Waals surface area contributed by atoms with E-state index in [0.717, 1.165) is 6.07 Å². The zero-order valence-corrected chi connectivity index (χ0v) is 18.6. The standard InChI is InChI=1S/C24H24F3N5O2/c1-15-3-2-8-30-20(15)22(34)32-14-23(12-19(32)21(29)33)6-9-31(10-7-23)17-5-4-16(13-28)18(11-17)24(25,26)27/h2-5,8,11,19H,6-7,9-10,12,14H2,1H3,(H2,29,33). The van der Waals surface area contributed by atoms with Crippen LogP contribution in [0.3, 0.4) is 0 Å². The molecular formula is C24H24F3N5O2. The predicted molar refractivity (Wildman–Crippen MR) is 118 cm³/mol. The Morgan fingerprint density at radius 1 is 1.24 bits per heavy atom. The van der Waals surface area contributed by atoms with Crippen molar-refractivity contribution >= 4 is 17.5 Å². The van der Waals surface area contributed by atoms with Gasteiger partial charge in [-0.1, -0.05) is 6.07 Å². The topological polar surface area (TPSA) is 103 Å². The van der Waals surface area contributed by atoms with Crippen LogP contribution < -0.4 is 10.6 Å². The Morgan fingerprint density at radius 3 is 2.53 bits per heavy atom. The summed E-state index contributed by atoms with van der Waals surface area (Å²) >= 11 is 0. The fraction of sp³-hybridized carbons (Fsp3) is 0.417. The Hall–Kier alpha value is -3.61. The second kappa shape index (κ2) is 8.63. The molecule has 1 unspecified atom stereocenters. The van der Waals surface area contributed by atoms with E-state index in [0.29, 0.717) is 50.1 Å². The molecule has 2 aromatic rings. The second-order valence-electron chi connectivity index (χ2n) is 9.05. The lowest BCUT2D eigenvalue weighted by molar-refractivity contribution is -0.137. The summed E-state index contributed by atoms with van der Waals surface area (Å²) in [4.78, 5) is 32.9. The number of benzene rings is 1. The molecular weight excluding hydrogens is 447 g/mol. The number of primary amides is 1. The molecule has 0 radical (unpaired) electrons. The molecule has 2 saturated heterocycles. The smallest absolute Gasteiger partial charge is 0.371 e. The molecule has 1 atom stereocenters. The van der Waals surface area contributed by atoms with Gasteiger partial charge in [0.1, 0.15) is 11.7 Å². The molecule has 2 amide bonds. The SMILES string of the molecule is Cc1cccnc1C(=O)N1CC2(CCN(c3ccc(C#N)c(C(F)(F)F)c3)CC2)CC1C(N)=O. The highest BCUT2D eigenvalue weighted by Crippen LogP contribution is 2.45. The molecule has 34 heavy (non-hydrogen) atoms. The lowest BCUT2D eigenvalue weighted by atomic mass is 9.76. The zero-order chi connectivity index (χ0) is 24.7. The normalized spacial score (nSPS) is 19.8. The van der Waals surface area contributed by atoms with Gasteiger partial charge in [-0.15, -0.1) is 0 Å². The Kier molecular flexibility index (Phi) is 5.98. The Labute approximate surface area is 195 Å². The monoisotopic (exact) mass is 471 g/mol. The van der Waals surface area contributed by atoms with Gasteiger partial charge in [0.25, 0.3) is 5.91 Å². The van der Waals surface area contributed by atoms with Crippen LogP contribution in [0.2, 0.25) is 0 Å². The highest BCUT2D eigenvalue weighted by atomic mass is 19.4. The Morgan fingerprint density at radius 2 is 1.94 bits per heavy atom. The van der Waals surface area contributed by atoms with Gasteiger partial charge < -0.3 is 15.5 Å². The number of nitrogens with zero attached hydrogens (tertiary/aromatic N) is 4. The number of halogens is 3. The summed E-state index contributed by atoms with van der Waals surface area (Å²) < 4.78 is 40.1. The number of carbonyl (C=O) groups excluding carboxylic acids is 2. The third kappa shape index (κ3) is 4.30. The minimum Gasteiger partial charge on any atom is -0.371 e. The molecule has 178 valence electrons. The van der Waals surface area contributed by atoms with Crippen molar-refractivity contribution in [1.29, 1.82) is 5.26 Å². The summed E-state index contributed by atoms with van der Waals surface area (Å²) in [6.07, 6.45) is -1.51. The van der Waals surface area contributed by atoms with Gasteiger partial charge in [0, 0.05) is 31.5 Å². The number of hydrogen-bond donors (Lipinski definition) is 1. The summed E-state index contributed by atoms with van der Waals surface area (Å²) in [6.45, 7) is 3.03. The van der Waals surface area contributed by atoms with Crippen molar-refractivity contribution in [3.05, 3.63) is 58.9 Å². The number of carbonyl (C=O) groups is 2. The quantitative estimate of drug-likeness (QED) is 0.740. The Balaban J connectivity index is 1.53. The van der Waals surface area contributed by atoms with Crippen LogP contribution in [0.5, 0.6) is 0 Å². The Bertz CT molecular complexity index is 1170. The van der Waals surface area contributed by atoms with Crippen LogP contribution in [0.15, 0.2) is 36.5 Å². The molecule has 0 bridgehead atoms. The summed E-state index contributed by atoms with van der Waals surface area (Å²) in [7, 11) is 0. The highest BCUT2D eigenvalue weighted by Gasteiger charge is 2.49. The molecule has 2 fully saturated rings. The van der Waals surface area contributed by atoms with Gasteiger partial charge in [0.2, 0.25) is 5.91 Å². The molecule has 2 N–H and O–H groups in total. The van der Waals surface area contributed by atoms with E-state index in [2.05, 4.69) is 4.98 Å². The van der Waals surface area contributed by atoms with E-state index in [4.69, 9.17) is 11.0 Å². The minimum atomic E-state index is -4.62. The second-order valence-corrected chi connectivity index (χ2v) is 9.05. The van der Waals surface area contributed by atoms with Crippen molar-refractivity contribution in [3.8, 4) is 6.07 Å². The number of amides is 2. The van der Waals surface area contributed by atoms with Crippen LogP contribution in [0.4, 0.5) is 18.9 Å². The van der Waals surface area contributed by atoms with Crippen LogP contribution in [0.1, 0.15) is 46.4 Å². The van der Waals surface area contributed by atoms with Crippen molar-refractivity contribution in [2.24, 2.45) is 11.1 Å². The first-order valence-corrected chi connectivity index (χ1v) is 10.9. The average molecular weight is 471 g/mol. The van der Waals surface area contributed by atoms with Crippen molar-refractivity contribution in [2.45, 2.75) is 38.4 Å². The van der Waals surface area contributed by atoms with Crippen LogP contribution >= 0.6 is 0 Å². The summed E-state index contributed by atoms with van der Waals surface area (Å²) in [5, 5.41) is 9.02. The van der Waals surface area contributed by atoms with E-state index >= 15 is 0 Å². The number of piperidine rings is 1. The minimum absolute atomic E-state index is 0.278. The molecule has 4 rings (SSSR count). The van der Waals surface area contributed by atoms with E-state index in [1.807, 2.05) is 4.90 Å². The van der Waals surface area contributed by atoms with Gasteiger partial charge >= 0.3 is 6.18 Å². The van der Waals surface area contributed by atoms with E-state index in [1.165, 1.54) is 23.2 Å². The third-order valence-corrected chi connectivity index (χ3v) is 6.93. The van der Waals surface area contributed by atoms with E-state index in [9.17, 15) is 22.8 Å². The predicted octanol–water partition coefficient (Wildman–Crippen LogP) is 3.27. The summed E-state index contributed by atoms with van der Waals surface area (Å²) in [5.41, 5.74) is 5.29. The van der Waals surface area contributed by atoms with Crippen molar-refractivity contribution in [2.75, 3.05) is 24.5 Å². The number of aryl methyl sites for hydroxylation is 1. The van der Waals surface area contributed by atoms with E-state index < -0.39 is 29.3 Å². The van der Waals surface area contributed by atoms with Crippen molar-refractivity contribution in [1.82, 2.24) is 9.88 Å². The number of anilines is 1. The van der Waals surface area contributed by atoms with E-state index in [1.54, 1.807) is 25.1 Å². The average Bonchev–Trinajstić information content (AvgIpc) is 3.18. The first kappa shape index (κ1) is 23.5. The molecule has 3 heterocycles. The molecule has 1 aromatic carbocycles. The lowest BCUT2D eigenvalue weighted by Gasteiger charge is -2.40. The molecule has 7 nitrogen and oxygen atoms in total. The largest absolute Gasteiger partial charge is 0.417 e. The summed E-state index contributed by atoms with van der Waals surface area (Å²) in [6, 6.07) is 8.06. The number of hydrogen-bond acceptors (Lipinski definition) is 5. The van der Waals surface area contributed by atoms with Gasteiger partial charge in [-0.3, -0.25) is 14.6 Å². The maximum absolute atomic E-state index is 13.4. The first-order valence-electron chi connectivity index (χ1n) is 10.9. The van der Waals surface area contributed by atoms with Gasteiger partial charge in [-0.2, -0.15) is 18.4 Å². The number of rotatable bonds is 3. The lowest BCUT2D eigenvalue weighted by Crippen LogP contribution is -2.44. The zero-order valence-electron chi connectivity index (χ0n) is 18.6. The molecule has 10 heteroatoms. The van der Waals surface area contributed by atoms with Crippen molar-refractivity contribution < 1.29 is 22.8 Å². The molecule has 2 aliphatic heterocycles. The number of aromatic nitrogens is 1. The summed E-state index contributed by atoms with van der Waals surface area (Å²) in [5.74, 6) is -0.925. The van der Waals surface area contributed by atoms with Gasteiger partial charge in [0.15, 0.2) is 0 Å². The molecule has 0 saturated carbocycles. The number of nitriles is 1. The third-order valence-electron chi connectivity index (χ3n) is 6.93. The number of nitrogens with two attached hydrogens (primary N) is 1.